The molecule has 0 bridgehead atoms. The van der Waals surface area contributed by atoms with Gasteiger partial charge >= 0.3 is 0 Å². The number of fused-ring (bicyclic) bond motifs is 1. The predicted octanol–water partition coefficient (Wildman–Crippen LogP) is 1.96. The molecule has 0 fully saturated rings. The highest BCUT2D eigenvalue weighted by Gasteiger charge is 2.09. The van der Waals surface area contributed by atoms with E-state index in [2.05, 4.69) is 20.4 Å². The number of aryl methyl sites for hydroxylation is 1. The zero-order valence-electron chi connectivity index (χ0n) is 12.6. The monoisotopic (exact) mass is 298 g/mol. The Morgan fingerprint density at radius 1 is 1.32 bits per heavy atom. The van der Waals surface area contributed by atoms with Gasteiger partial charge in [-0.2, -0.15) is 15.1 Å². The van der Waals surface area contributed by atoms with Crippen LogP contribution in [0, 0.1) is 0 Å². The highest BCUT2D eigenvalue weighted by molar-refractivity contribution is 5.86. The van der Waals surface area contributed by atoms with E-state index in [-0.39, 0.29) is 0 Å². The topological polar surface area (TPSA) is 90.9 Å². The summed E-state index contributed by atoms with van der Waals surface area (Å²) in [6, 6.07) is 7.90. The number of nitrogens with one attached hydrogen (secondary N) is 1. The van der Waals surface area contributed by atoms with E-state index in [1.165, 1.54) is 0 Å². The molecular weight excluding hydrogens is 280 g/mol. The number of nitrogen functional groups attached to an aromatic ring is 1. The van der Waals surface area contributed by atoms with Crippen LogP contribution in [-0.4, -0.2) is 26.4 Å². The van der Waals surface area contributed by atoms with E-state index in [4.69, 9.17) is 10.5 Å². The van der Waals surface area contributed by atoms with E-state index in [1.807, 2.05) is 38.2 Å². The maximum absolute atomic E-state index is 5.94. The molecule has 0 radical (unpaired) electrons. The molecule has 7 heteroatoms. The first-order valence-corrected chi connectivity index (χ1v) is 7.08. The van der Waals surface area contributed by atoms with Crippen molar-refractivity contribution in [2.45, 2.75) is 13.5 Å². The number of benzene rings is 1. The Morgan fingerprint density at radius 3 is 3.00 bits per heavy atom. The molecule has 0 spiro atoms. The summed E-state index contributed by atoms with van der Waals surface area (Å²) in [5, 5.41) is 8.08. The summed E-state index contributed by atoms with van der Waals surface area (Å²) in [4.78, 5) is 8.70. The van der Waals surface area contributed by atoms with Crippen LogP contribution in [0.3, 0.4) is 0 Å². The average molecular weight is 298 g/mol. The molecule has 7 nitrogen and oxygen atoms in total. The van der Waals surface area contributed by atoms with Crippen molar-refractivity contribution in [1.29, 1.82) is 0 Å². The first-order valence-electron chi connectivity index (χ1n) is 7.08. The average Bonchev–Trinajstić information content (AvgIpc) is 2.88. The molecule has 1 aromatic carbocycles. The van der Waals surface area contributed by atoms with Gasteiger partial charge in [0.1, 0.15) is 11.6 Å². The lowest BCUT2D eigenvalue weighted by Crippen LogP contribution is -2.07. The molecular formula is C15H18N6O. The van der Waals surface area contributed by atoms with Crippen LogP contribution in [0.25, 0.3) is 11.0 Å². The second-order valence-electron chi connectivity index (χ2n) is 4.87. The fourth-order valence-corrected chi connectivity index (χ4v) is 2.22. The third-order valence-corrected chi connectivity index (χ3v) is 3.28. The van der Waals surface area contributed by atoms with Gasteiger partial charge in [-0.1, -0.05) is 12.1 Å². The van der Waals surface area contributed by atoms with Crippen molar-refractivity contribution in [3.8, 4) is 5.75 Å². The molecule has 22 heavy (non-hydrogen) atoms. The standard InChI is InChI=1S/C15H18N6O/c1-3-22-11-6-4-5-10(7-11)8-17-15-19-13(16)12-9-18-21(2)14(12)20-15/h4-7,9H,3,8H2,1-2H3,(H3,16,17,19,20). The predicted molar refractivity (Wildman–Crippen MR) is 85.7 cm³/mol. The van der Waals surface area contributed by atoms with Crippen LogP contribution < -0.4 is 15.8 Å². The number of rotatable bonds is 5. The minimum atomic E-state index is 0.420. The lowest BCUT2D eigenvalue weighted by molar-refractivity contribution is 0.340. The quantitative estimate of drug-likeness (QED) is 0.748. The van der Waals surface area contributed by atoms with E-state index in [9.17, 15) is 0 Å². The molecule has 3 rings (SSSR count). The van der Waals surface area contributed by atoms with Crippen LogP contribution in [0.2, 0.25) is 0 Å². The molecule has 3 N–H and O–H groups in total. The molecule has 2 heterocycles. The van der Waals surface area contributed by atoms with Gasteiger partial charge in [0.2, 0.25) is 5.95 Å². The smallest absolute Gasteiger partial charge is 0.226 e. The molecule has 0 unspecified atom stereocenters. The number of aromatic nitrogens is 4. The second kappa shape index (κ2) is 5.88. The van der Waals surface area contributed by atoms with Crippen LogP contribution in [0.4, 0.5) is 11.8 Å². The Morgan fingerprint density at radius 2 is 2.18 bits per heavy atom. The van der Waals surface area contributed by atoms with E-state index in [1.54, 1.807) is 10.9 Å². The molecule has 3 aromatic rings. The molecule has 0 aliphatic rings. The minimum absolute atomic E-state index is 0.420. The first kappa shape index (κ1) is 14.1. The Balaban J connectivity index is 1.79. The number of nitrogens with zero attached hydrogens (tertiary/aromatic N) is 4. The van der Waals surface area contributed by atoms with Crippen LogP contribution in [0.1, 0.15) is 12.5 Å². The van der Waals surface area contributed by atoms with Crippen molar-refractivity contribution in [2.24, 2.45) is 7.05 Å². The molecule has 0 aliphatic carbocycles. The summed E-state index contributed by atoms with van der Waals surface area (Å²) in [5.41, 5.74) is 7.73. The lowest BCUT2D eigenvalue weighted by Gasteiger charge is -2.08. The van der Waals surface area contributed by atoms with Crippen LogP contribution in [-0.2, 0) is 13.6 Å². The summed E-state index contributed by atoms with van der Waals surface area (Å²) < 4.78 is 7.16. The summed E-state index contributed by atoms with van der Waals surface area (Å²) >= 11 is 0. The first-order chi connectivity index (χ1) is 10.7. The van der Waals surface area contributed by atoms with Crippen LogP contribution in [0.15, 0.2) is 30.5 Å². The van der Waals surface area contributed by atoms with E-state index < -0.39 is 0 Å². The van der Waals surface area contributed by atoms with Crippen molar-refractivity contribution in [2.75, 3.05) is 17.7 Å². The van der Waals surface area contributed by atoms with Gasteiger partial charge in [0, 0.05) is 13.6 Å². The maximum atomic E-state index is 5.94. The normalized spacial score (nSPS) is 10.8. The van der Waals surface area contributed by atoms with Gasteiger partial charge in [0.15, 0.2) is 5.65 Å². The van der Waals surface area contributed by atoms with Gasteiger partial charge in [-0.3, -0.25) is 4.68 Å². The highest BCUT2D eigenvalue weighted by Crippen LogP contribution is 2.19. The van der Waals surface area contributed by atoms with Crippen molar-refractivity contribution in [3.63, 3.8) is 0 Å². The molecule has 0 saturated carbocycles. The minimum Gasteiger partial charge on any atom is -0.494 e. The van der Waals surface area contributed by atoms with Gasteiger partial charge in [-0.05, 0) is 24.6 Å². The molecule has 0 aliphatic heterocycles. The van der Waals surface area contributed by atoms with Gasteiger partial charge < -0.3 is 15.8 Å². The molecule has 2 aromatic heterocycles. The summed E-state index contributed by atoms with van der Waals surface area (Å²) in [6.07, 6.45) is 1.67. The maximum Gasteiger partial charge on any atom is 0.226 e. The van der Waals surface area contributed by atoms with Gasteiger partial charge in [-0.15, -0.1) is 0 Å². The Bertz CT molecular complexity index is 798. The summed E-state index contributed by atoms with van der Waals surface area (Å²) in [6.45, 7) is 3.20. The Hall–Kier alpha value is -2.83. The van der Waals surface area contributed by atoms with Crippen molar-refractivity contribution < 1.29 is 4.74 Å². The molecule has 114 valence electrons. The van der Waals surface area contributed by atoms with Crippen LogP contribution in [0.5, 0.6) is 5.75 Å². The zero-order chi connectivity index (χ0) is 15.5. The zero-order valence-corrected chi connectivity index (χ0v) is 12.6. The molecule has 0 amide bonds. The van der Waals surface area contributed by atoms with Gasteiger partial charge in [0.25, 0.3) is 0 Å². The van der Waals surface area contributed by atoms with Crippen molar-refractivity contribution in [3.05, 3.63) is 36.0 Å². The lowest BCUT2D eigenvalue weighted by atomic mass is 10.2. The van der Waals surface area contributed by atoms with E-state index in [0.29, 0.717) is 30.6 Å². The van der Waals surface area contributed by atoms with E-state index in [0.717, 1.165) is 16.7 Å². The van der Waals surface area contributed by atoms with Crippen molar-refractivity contribution >= 4 is 22.8 Å². The number of hydrogen-bond donors (Lipinski definition) is 2. The van der Waals surface area contributed by atoms with Crippen molar-refractivity contribution in [1.82, 2.24) is 19.7 Å². The highest BCUT2D eigenvalue weighted by atomic mass is 16.5. The van der Waals surface area contributed by atoms with Crippen LogP contribution >= 0.6 is 0 Å². The number of nitrogens with two attached hydrogens (primary N) is 1. The van der Waals surface area contributed by atoms with Gasteiger partial charge in [-0.25, -0.2) is 0 Å². The fourth-order valence-electron chi connectivity index (χ4n) is 2.22. The fraction of sp³-hybridized carbons (Fsp3) is 0.267. The van der Waals surface area contributed by atoms with E-state index >= 15 is 0 Å². The largest absolute Gasteiger partial charge is 0.494 e. The van der Waals surface area contributed by atoms with Gasteiger partial charge in [0.05, 0.1) is 18.2 Å². The second-order valence-corrected chi connectivity index (χ2v) is 4.87. The molecule has 0 saturated heterocycles. The number of ether oxygens (including phenoxy) is 1. The third-order valence-electron chi connectivity index (χ3n) is 3.28. The molecule has 0 atom stereocenters. The Labute approximate surface area is 128 Å². The SMILES string of the molecule is CCOc1cccc(CNc2nc(N)c3cnn(C)c3n2)c1. The number of hydrogen-bond acceptors (Lipinski definition) is 6. The third kappa shape index (κ3) is 2.78. The summed E-state index contributed by atoms with van der Waals surface area (Å²) in [7, 11) is 1.82. The number of anilines is 2. The Kier molecular flexibility index (Phi) is 3.78. The summed E-state index contributed by atoms with van der Waals surface area (Å²) in [5.74, 6) is 1.75.